The second-order valence-electron chi connectivity index (χ2n) is 7.97. The summed E-state index contributed by atoms with van der Waals surface area (Å²) in [5.41, 5.74) is 1.39. The largest absolute Gasteiger partial charge is 0.316 e. The lowest BCUT2D eigenvalue weighted by Gasteiger charge is -2.23. The van der Waals surface area contributed by atoms with Crippen molar-refractivity contribution in [3.63, 3.8) is 0 Å². The third-order valence-corrected chi connectivity index (χ3v) is 6.56. The first-order valence-electron chi connectivity index (χ1n) is 9.47. The van der Waals surface area contributed by atoms with Gasteiger partial charge in [-0.2, -0.15) is 0 Å². The van der Waals surface area contributed by atoms with Crippen molar-refractivity contribution >= 4 is 11.6 Å². The van der Waals surface area contributed by atoms with Gasteiger partial charge in [0.2, 0.25) is 0 Å². The van der Waals surface area contributed by atoms with Crippen molar-refractivity contribution in [3.05, 3.63) is 34.9 Å². The number of nitrogens with one attached hydrogen (secondary N) is 1. The summed E-state index contributed by atoms with van der Waals surface area (Å²) in [5.74, 6) is 3.84. The highest BCUT2D eigenvalue weighted by atomic mass is 35.5. The van der Waals surface area contributed by atoms with E-state index >= 15 is 0 Å². The van der Waals surface area contributed by atoms with E-state index in [0.29, 0.717) is 0 Å². The van der Waals surface area contributed by atoms with Crippen LogP contribution in [0.4, 0.5) is 0 Å². The number of fused-ring (bicyclic) bond motifs is 1. The summed E-state index contributed by atoms with van der Waals surface area (Å²) < 4.78 is 0. The van der Waals surface area contributed by atoms with E-state index < -0.39 is 0 Å². The summed E-state index contributed by atoms with van der Waals surface area (Å²) in [6, 6.07) is 8.34. The van der Waals surface area contributed by atoms with Gasteiger partial charge in [-0.15, -0.1) is 0 Å². The fourth-order valence-electron chi connectivity index (χ4n) is 4.86. The molecule has 1 aromatic carbocycles. The van der Waals surface area contributed by atoms with Crippen LogP contribution in [0, 0.1) is 23.7 Å². The van der Waals surface area contributed by atoms with Gasteiger partial charge >= 0.3 is 0 Å². The lowest BCUT2D eigenvalue weighted by Crippen LogP contribution is -2.30. The van der Waals surface area contributed by atoms with Crippen molar-refractivity contribution in [1.82, 2.24) is 10.2 Å². The predicted molar refractivity (Wildman–Crippen MR) is 96.6 cm³/mol. The Morgan fingerprint density at radius 1 is 0.957 bits per heavy atom. The van der Waals surface area contributed by atoms with Crippen LogP contribution in [-0.4, -0.2) is 31.1 Å². The molecular weight excluding hydrogens is 304 g/mol. The zero-order chi connectivity index (χ0) is 15.6. The van der Waals surface area contributed by atoms with Crippen molar-refractivity contribution in [2.45, 2.75) is 38.6 Å². The monoisotopic (exact) mass is 332 g/mol. The van der Waals surface area contributed by atoms with Crippen LogP contribution in [0.3, 0.4) is 0 Å². The Hall–Kier alpha value is -0.570. The number of nitrogens with zero attached hydrogens (tertiary/aromatic N) is 1. The summed E-state index contributed by atoms with van der Waals surface area (Å²) in [6.07, 6.45) is 7.30. The Morgan fingerprint density at radius 2 is 1.65 bits per heavy atom. The molecule has 0 aromatic heterocycles. The molecule has 0 spiro atoms. The molecule has 1 aromatic rings. The molecule has 3 aliphatic rings. The van der Waals surface area contributed by atoms with Gasteiger partial charge in [0.15, 0.2) is 0 Å². The van der Waals surface area contributed by atoms with Gasteiger partial charge < -0.3 is 5.32 Å². The molecular formula is C20H29ClN2. The van der Waals surface area contributed by atoms with Gasteiger partial charge in [-0.1, -0.05) is 43.0 Å². The summed E-state index contributed by atoms with van der Waals surface area (Å²) >= 11 is 5.96. The molecule has 2 nitrogen and oxygen atoms in total. The SMILES string of the molecule is Clc1ccc(CN2CC3C(CNCC4CCCCC4)C3C2)cc1. The summed E-state index contributed by atoms with van der Waals surface area (Å²) in [6.45, 7) is 6.21. The number of likely N-dealkylation sites (tertiary alicyclic amines) is 1. The Balaban J connectivity index is 1.15. The van der Waals surface area contributed by atoms with Crippen molar-refractivity contribution in [2.75, 3.05) is 26.2 Å². The quantitative estimate of drug-likeness (QED) is 0.840. The highest BCUT2D eigenvalue weighted by Gasteiger charge is 2.54. The predicted octanol–water partition coefficient (Wildman–Crippen LogP) is 4.19. The molecule has 1 saturated heterocycles. The standard InChI is InChI=1S/C20H29ClN2/c21-17-8-6-16(7-9-17)12-23-13-19-18(20(19)14-23)11-22-10-15-4-2-1-3-5-15/h6-9,15,18-20,22H,1-5,10-14H2. The van der Waals surface area contributed by atoms with Crippen molar-refractivity contribution in [3.8, 4) is 0 Å². The van der Waals surface area contributed by atoms with Gasteiger partial charge in [0.05, 0.1) is 0 Å². The maximum Gasteiger partial charge on any atom is 0.0406 e. The molecule has 23 heavy (non-hydrogen) atoms. The fraction of sp³-hybridized carbons (Fsp3) is 0.700. The molecule has 4 rings (SSSR count). The molecule has 1 aliphatic heterocycles. The molecule has 2 unspecified atom stereocenters. The van der Waals surface area contributed by atoms with Crippen LogP contribution in [0.5, 0.6) is 0 Å². The van der Waals surface area contributed by atoms with Crippen molar-refractivity contribution in [2.24, 2.45) is 23.7 Å². The van der Waals surface area contributed by atoms with Gasteiger partial charge in [-0.05, 0) is 67.3 Å². The van der Waals surface area contributed by atoms with E-state index in [1.807, 2.05) is 12.1 Å². The summed E-state index contributed by atoms with van der Waals surface area (Å²) in [4.78, 5) is 2.62. The lowest BCUT2D eigenvalue weighted by molar-refractivity contribution is 0.272. The van der Waals surface area contributed by atoms with E-state index in [1.165, 1.54) is 63.8 Å². The van der Waals surface area contributed by atoms with Gasteiger partial charge in [-0.25, -0.2) is 0 Å². The number of benzene rings is 1. The molecule has 2 atom stereocenters. The maximum absolute atomic E-state index is 5.96. The molecule has 3 heteroatoms. The van der Waals surface area contributed by atoms with Crippen LogP contribution < -0.4 is 5.32 Å². The van der Waals surface area contributed by atoms with Crippen LogP contribution in [0.15, 0.2) is 24.3 Å². The van der Waals surface area contributed by atoms with Crippen LogP contribution in [0.2, 0.25) is 5.02 Å². The Kier molecular flexibility index (Phi) is 4.93. The number of rotatable bonds is 6. The molecule has 0 bridgehead atoms. The molecule has 1 heterocycles. The zero-order valence-electron chi connectivity index (χ0n) is 14.0. The molecule has 2 aliphatic carbocycles. The highest BCUT2D eigenvalue weighted by Crippen LogP contribution is 2.51. The summed E-state index contributed by atoms with van der Waals surface area (Å²) in [5, 5.41) is 4.62. The van der Waals surface area contributed by atoms with Crippen molar-refractivity contribution < 1.29 is 0 Å². The topological polar surface area (TPSA) is 15.3 Å². The zero-order valence-corrected chi connectivity index (χ0v) is 14.8. The lowest BCUT2D eigenvalue weighted by atomic mass is 9.89. The van der Waals surface area contributed by atoms with Crippen LogP contribution >= 0.6 is 11.6 Å². The second kappa shape index (κ2) is 7.13. The minimum absolute atomic E-state index is 0.835. The second-order valence-corrected chi connectivity index (χ2v) is 8.41. The molecule has 3 fully saturated rings. The van der Waals surface area contributed by atoms with E-state index in [2.05, 4.69) is 22.3 Å². The normalized spacial score (nSPS) is 31.3. The average molecular weight is 333 g/mol. The Bertz CT molecular complexity index is 497. The smallest absolute Gasteiger partial charge is 0.0406 e. The summed E-state index contributed by atoms with van der Waals surface area (Å²) in [7, 11) is 0. The first kappa shape index (κ1) is 15.9. The Labute approximate surface area is 145 Å². The molecule has 126 valence electrons. The third-order valence-electron chi connectivity index (χ3n) is 6.30. The van der Waals surface area contributed by atoms with Crippen LogP contribution in [0.25, 0.3) is 0 Å². The maximum atomic E-state index is 5.96. The third kappa shape index (κ3) is 3.92. The van der Waals surface area contributed by atoms with Gasteiger partial charge in [0, 0.05) is 24.7 Å². The molecule has 0 radical (unpaired) electrons. The minimum atomic E-state index is 0.835. The molecule has 1 N–H and O–H groups in total. The van der Waals surface area contributed by atoms with Crippen molar-refractivity contribution in [1.29, 1.82) is 0 Å². The Morgan fingerprint density at radius 3 is 2.35 bits per heavy atom. The van der Waals surface area contributed by atoms with Gasteiger partial charge in [0.1, 0.15) is 0 Å². The highest BCUT2D eigenvalue weighted by molar-refractivity contribution is 6.30. The van der Waals surface area contributed by atoms with Crippen LogP contribution in [-0.2, 0) is 6.54 Å². The van der Waals surface area contributed by atoms with E-state index in [0.717, 1.165) is 35.2 Å². The van der Waals surface area contributed by atoms with E-state index in [1.54, 1.807) is 0 Å². The van der Waals surface area contributed by atoms with Crippen LogP contribution in [0.1, 0.15) is 37.7 Å². The van der Waals surface area contributed by atoms with E-state index in [4.69, 9.17) is 11.6 Å². The van der Waals surface area contributed by atoms with E-state index in [9.17, 15) is 0 Å². The first-order chi connectivity index (χ1) is 11.3. The minimum Gasteiger partial charge on any atom is -0.316 e. The number of halogens is 1. The number of hydrogen-bond acceptors (Lipinski definition) is 2. The first-order valence-corrected chi connectivity index (χ1v) is 9.85. The van der Waals surface area contributed by atoms with Gasteiger partial charge in [-0.3, -0.25) is 4.90 Å². The fourth-order valence-corrected chi connectivity index (χ4v) is 4.99. The number of piperidine rings is 1. The average Bonchev–Trinajstić information content (AvgIpc) is 3.03. The molecule has 0 amide bonds. The van der Waals surface area contributed by atoms with E-state index in [-0.39, 0.29) is 0 Å². The molecule has 2 saturated carbocycles. The number of hydrogen-bond donors (Lipinski definition) is 1. The van der Waals surface area contributed by atoms with Gasteiger partial charge in [0.25, 0.3) is 0 Å².